The van der Waals surface area contributed by atoms with E-state index in [1.165, 1.54) is 5.56 Å². The number of furan rings is 1. The van der Waals surface area contributed by atoms with Crippen molar-refractivity contribution in [1.29, 1.82) is 0 Å². The predicted molar refractivity (Wildman–Crippen MR) is 80.9 cm³/mol. The van der Waals surface area contributed by atoms with Crippen LogP contribution < -0.4 is 0 Å². The van der Waals surface area contributed by atoms with Crippen LogP contribution in [0.25, 0.3) is 11.3 Å². The summed E-state index contributed by atoms with van der Waals surface area (Å²) in [4.78, 5) is 14.3. The van der Waals surface area contributed by atoms with Crippen molar-refractivity contribution in [3.63, 3.8) is 0 Å². The molecule has 1 aromatic heterocycles. The highest BCUT2D eigenvalue weighted by Gasteiger charge is 2.21. The highest BCUT2D eigenvalue weighted by molar-refractivity contribution is 5.99. The van der Waals surface area contributed by atoms with Crippen molar-refractivity contribution in [2.24, 2.45) is 0 Å². The first-order chi connectivity index (χ1) is 9.60. The minimum atomic E-state index is 0.0275. The van der Waals surface area contributed by atoms with Crippen LogP contribution in [0.1, 0.15) is 35.3 Å². The van der Waals surface area contributed by atoms with Crippen molar-refractivity contribution < 1.29 is 9.21 Å². The topological polar surface area (TPSA) is 33.5 Å². The van der Waals surface area contributed by atoms with Crippen molar-refractivity contribution in [3.8, 4) is 11.3 Å². The van der Waals surface area contributed by atoms with E-state index in [1.807, 2.05) is 26.0 Å². The van der Waals surface area contributed by atoms with Gasteiger partial charge in [0.25, 0.3) is 5.91 Å². The van der Waals surface area contributed by atoms with Gasteiger partial charge >= 0.3 is 0 Å². The number of benzene rings is 1. The van der Waals surface area contributed by atoms with E-state index < -0.39 is 0 Å². The van der Waals surface area contributed by atoms with Gasteiger partial charge in [0.1, 0.15) is 5.76 Å². The molecule has 106 valence electrons. The Balaban J connectivity index is 2.48. The summed E-state index contributed by atoms with van der Waals surface area (Å²) >= 11 is 0. The van der Waals surface area contributed by atoms with E-state index in [1.54, 1.807) is 17.2 Å². The molecule has 0 aliphatic carbocycles. The smallest absolute Gasteiger partial charge is 0.257 e. The van der Waals surface area contributed by atoms with Crippen LogP contribution in [0.5, 0.6) is 0 Å². The van der Waals surface area contributed by atoms with Crippen molar-refractivity contribution in [3.05, 3.63) is 47.2 Å². The fourth-order valence-electron chi connectivity index (χ4n) is 2.36. The monoisotopic (exact) mass is 271 g/mol. The molecule has 0 aliphatic heterocycles. The average molecular weight is 271 g/mol. The minimum absolute atomic E-state index is 0.0275. The molecule has 0 saturated heterocycles. The molecule has 0 aliphatic rings. The highest BCUT2D eigenvalue weighted by atomic mass is 16.3. The van der Waals surface area contributed by atoms with Gasteiger partial charge in [0.05, 0.1) is 11.8 Å². The summed E-state index contributed by atoms with van der Waals surface area (Å²) in [6.07, 6.45) is 1.59. The Bertz CT molecular complexity index is 609. The predicted octanol–water partition coefficient (Wildman–Crippen LogP) is 4.05. The van der Waals surface area contributed by atoms with Gasteiger partial charge in [-0.2, -0.15) is 0 Å². The molecule has 0 saturated carbocycles. The van der Waals surface area contributed by atoms with Gasteiger partial charge in [-0.3, -0.25) is 4.79 Å². The normalized spacial score (nSPS) is 10.6. The van der Waals surface area contributed by atoms with E-state index >= 15 is 0 Å². The first-order valence-corrected chi connectivity index (χ1v) is 7.03. The Morgan fingerprint density at radius 3 is 2.50 bits per heavy atom. The van der Waals surface area contributed by atoms with E-state index in [0.717, 1.165) is 11.1 Å². The maximum absolute atomic E-state index is 12.5. The van der Waals surface area contributed by atoms with Gasteiger partial charge in [-0.05, 0) is 44.9 Å². The molecule has 0 N–H and O–H groups in total. The van der Waals surface area contributed by atoms with Gasteiger partial charge in [-0.25, -0.2) is 0 Å². The number of hydrogen-bond acceptors (Lipinski definition) is 2. The molecule has 0 fully saturated rings. The van der Waals surface area contributed by atoms with Gasteiger partial charge in [-0.1, -0.05) is 18.2 Å². The highest BCUT2D eigenvalue weighted by Crippen LogP contribution is 2.30. The van der Waals surface area contributed by atoms with Crippen molar-refractivity contribution in [1.82, 2.24) is 4.90 Å². The molecule has 1 amide bonds. The molecule has 20 heavy (non-hydrogen) atoms. The summed E-state index contributed by atoms with van der Waals surface area (Å²) < 4.78 is 5.60. The molecule has 2 aromatic rings. The van der Waals surface area contributed by atoms with Crippen LogP contribution >= 0.6 is 0 Å². The number of aryl methyl sites for hydroxylation is 1. The van der Waals surface area contributed by atoms with E-state index in [4.69, 9.17) is 4.42 Å². The third kappa shape index (κ3) is 2.48. The summed E-state index contributed by atoms with van der Waals surface area (Å²) in [6, 6.07) is 7.82. The van der Waals surface area contributed by atoms with E-state index in [-0.39, 0.29) is 5.91 Å². The minimum Gasteiger partial charge on any atom is -0.463 e. The first kappa shape index (κ1) is 14.4. The van der Waals surface area contributed by atoms with Gasteiger partial charge in [0.15, 0.2) is 0 Å². The van der Waals surface area contributed by atoms with E-state index in [9.17, 15) is 4.79 Å². The Morgan fingerprint density at radius 2 is 1.85 bits per heavy atom. The lowest BCUT2D eigenvalue weighted by molar-refractivity contribution is 0.0773. The lowest BCUT2D eigenvalue weighted by Gasteiger charge is -2.18. The largest absolute Gasteiger partial charge is 0.463 e. The lowest BCUT2D eigenvalue weighted by Crippen LogP contribution is -2.30. The second-order valence-corrected chi connectivity index (χ2v) is 4.89. The summed E-state index contributed by atoms with van der Waals surface area (Å²) in [5, 5.41) is 0. The standard InChI is InChI=1S/C17H21NO2/c1-5-18(6-2)17(19)15-10-11-20-16(15)14-9-7-8-12(3)13(14)4/h7-11H,5-6H2,1-4H3. The molecule has 0 atom stereocenters. The number of rotatable bonds is 4. The first-order valence-electron chi connectivity index (χ1n) is 7.03. The van der Waals surface area contributed by atoms with Crippen LogP contribution in [0.15, 0.2) is 34.9 Å². The molecule has 0 spiro atoms. The number of nitrogens with zero attached hydrogens (tertiary/aromatic N) is 1. The molecule has 3 nitrogen and oxygen atoms in total. The van der Waals surface area contributed by atoms with Crippen LogP contribution in [0.3, 0.4) is 0 Å². The Kier molecular flexibility index (Phi) is 4.28. The molecule has 3 heteroatoms. The van der Waals surface area contributed by atoms with E-state index in [2.05, 4.69) is 19.9 Å². The SMILES string of the molecule is CCN(CC)C(=O)c1ccoc1-c1cccc(C)c1C. The zero-order valence-corrected chi connectivity index (χ0v) is 12.6. The number of carbonyl (C=O) groups excluding carboxylic acids is 1. The number of amides is 1. The maximum Gasteiger partial charge on any atom is 0.257 e. The molecule has 0 unspecified atom stereocenters. The van der Waals surface area contributed by atoms with E-state index in [0.29, 0.717) is 24.4 Å². The fraction of sp³-hybridized carbons (Fsp3) is 0.353. The maximum atomic E-state index is 12.5. The number of hydrogen-bond donors (Lipinski definition) is 0. The van der Waals surface area contributed by atoms with Crippen LogP contribution in [0.2, 0.25) is 0 Å². The second-order valence-electron chi connectivity index (χ2n) is 4.89. The lowest BCUT2D eigenvalue weighted by atomic mass is 9.99. The molecular weight excluding hydrogens is 250 g/mol. The van der Waals surface area contributed by atoms with Gasteiger partial charge in [-0.15, -0.1) is 0 Å². The molecule has 0 bridgehead atoms. The fourth-order valence-corrected chi connectivity index (χ4v) is 2.36. The summed E-state index contributed by atoms with van der Waals surface area (Å²) in [5.41, 5.74) is 3.98. The van der Waals surface area contributed by atoms with Crippen LogP contribution in [0.4, 0.5) is 0 Å². The Labute approximate surface area is 120 Å². The number of carbonyl (C=O) groups is 1. The Morgan fingerprint density at radius 1 is 1.15 bits per heavy atom. The van der Waals surface area contributed by atoms with Crippen LogP contribution in [-0.4, -0.2) is 23.9 Å². The van der Waals surface area contributed by atoms with Crippen LogP contribution in [0, 0.1) is 13.8 Å². The second kappa shape index (κ2) is 5.95. The van der Waals surface area contributed by atoms with Crippen LogP contribution in [-0.2, 0) is 0 Å². The van der Waals surface area contributed by atoms with Gasteiger partial charge in [0.2, 0.25) is 0 Å². The average Bonchev–Trinajstić information content (AvgIpc) is 2.92. The molecular formula is C17H21NO2. The van der Waals surface area contributed by atoms with Gasteiger partial charge < -0.3 is 9.32 Å². The molecule has 1 aromatic carbocycles. The van der Waals surface area contributed by atoms with Crippen molar-refractivity contribution in [2.45, 2.75) is 27.7 Å². The Hall–Kier alpha value is -2.03. The molecule has 1 heterocycles. The summed E-state index contributed by atoms with van der Waals surface area (Å²) in [7, 11) is 0. The van der Waals surface area contributed by atoms with Crippen molar-refractivity contribution in [2.75, 3.05) is 13.1 Å². The third-order valence-electron chi connectivity index (χ3n) is 3.80. The summed E-state index contributed by atoms with van der Waals surface area (Å²) in [6.45, 7) is 9.49. The van der Waals surface area contributed by atoms with Gasteiger partial charge in [0, 0.05) is 18.7 Å². The summed E-state index contributed by atoms with van der Waals surface area (Å²) in [5.74, 6) is 0.697. The molecule has 2 rings (SSSR count). The quantitative estimate of drug-likeness (QED) is 0.840. The zero-order valence-electron chi connectivity index (χ0n) is 12.6. The molecule has 0 radical (unpaired) electrons. The zero-order chi connectivity index (χ0) is 14.7. The van der Waals surface area contributed by atoms with Crippen molar-refractivity contribution >= 4 is 5.91 Å². The third-order valence-corrected chi connectivity index (χ3v) is 3.80.